The first-order chi connectivity index (χ1) is 18.1. The summed E-state index contributed by atoms with van der Waals surface area (Å²) in [7, 11) is 0. The van der Waals surface area contributed by atoms with E-state index >= 15 is 0 Å². The van der Waals surface area contributed by atoms with Gasteiger partial charge in [-0.2, -0.15) is 0 Å². The van der Waals surface area contributed by atoms with E-state index in [2.05, 4.69) is 44.2 Å². The number of rotatable bonds is 8. The maximum atomic E-state index is 10.4. The maximum Gasteiger partial charge on any atom is 0.210 e. The van der Waals surface area contributed by atoms with Gasteiger partial charge in [-0.1, -0.05) is 49.3 Å². The molecule has 198 valence electrons. The van der Waals surface area contributed by atoms with Gasteiger partial charge < -0.3 is 15.3 Å². The van der Waals surface area contributed by atoms with Crippen LogP contribution in [0.3, 0.4) is 0 Å². The predicted molar refractivity (Wildman–Crippen MR) is 149 cm³/mol. The minimum absolute atomic E-state index is 0.0974. The molecule has 0 saturated heterocycles. The lowest BCUT2D eigenvalue weighted by Gasteiger charge is -2.44. The molecule has 0 aliphatic heterocycles. The first-order valence-corrected chi connectivity index (χ1v) is 15.2. The maximum absolute atomic E-state index is 10.4. The molecule has 4 heteroatoms. The number of hydrogen-bond acceptors (Lipinski definition) is 4. The summed E-state index contributed by atoms with van der Waals surface area (Å²) in [5, 5.41) is 20.7. The molecule has 0 amide bonds. The van der Waals surface area contributed by atoms with Gasteiger partial charge in [0.1, 0.15) is 0 Å². The van der Waals surface area contributed by atoms with Crippen molar-refractivity contribution in [3.05, 3.63) is 53.1 Å². The fraction of sp³-hybridized carbons (Fsp3) is 0.688. The summed E-state index contributed by atoms with van der Waals surface area (Å²) in [5.41, 5.74) is 3.29. The van der Waals surface area contributed by atoms with Crippen LogP contribution in [0.25, 0.3) is 0 Å². The first kappa shape index (κ1) is 24.0. The van der Waals surface area contributed by atoms with Gasteiger partial charge in [-0.15, -0.1) is 11.8 Å². The Kier molecular flexibility index (Phi) is 6.61. The van der Waals surface area contributed by atoms with Gasteiger partial charge in [0, 0.05) is 16.1 Å². The molecule has 4 fully saturated rings. The van der Waals surface area contributed by atoms with Crippen molar-refractivity contribution < 1.29 is 15.3 Å². The van der Waals surface area contributed by atoms with Gasteiger partial charge in [0.05, 0.1) is 17.8 Å². The average molecular weight is 515 g/mol. The molecular weight excluding hydrogens is 464 g/mol. The lowest BCUT2D eigenvalue weighted by molar-refractivity contribution is -0.0225. The van der Waals surface area contributed by atoms with Crippen molar-refractivity contribution in [3.8, 4) is 0 Å². The second kappa shape index (κ2) is 9.91. The number of aliphatic hydroxyl groups excluding tert-OH is 2. The van der Waals surface area contributed by atoms with E-state index in [9.17, 15) is 5.11 Å². The highest BCUT2D eigenvalue weighted by atomic mass is 32.2. The Balaban J connectivity index is 1.25. The Morgan fingerprint density at radius 1 is 1.14 bits per heavy atom. The highest BCUT2D eigenvalue weighted by Gasteiger charge is 2.56. The molecule has 4 aliphatic carbocycles. The highest BCUT2D eigenvalue weighted by molar-refractivity contribution is 7.99. The molecule has 6 atom stereocenters. The number of aliphatic hydroxyl groups is 3. The molecule has 1 aromatic rings. The van der Waals surface area contributed by atoms with Crippen LogP contribution in [-0.4, -0.2) is 36.1 Å². The molecule has 1 aromatic carbocycles. The van der Waals surface area contributed by atoms with Crippen LogP contribution in [0.15, 0.2) is 52.5 Å². The minimum Gasteiger partial charge on any atom is -0.392 e. The van der Waals surface area contributed by atoms with Crippen molar-refractivity contribution in [1.29, 1.82) is 2.86 Å². The molecule has 0 radical (unpaired) electrons. The molecule has 1 spiro atoms. The number of benzene rings is 1. The van der Waals surface area contributed by atoms with E-state index in [0.29, 0.717) is 17.3 Å². The van der Waals surface area contributed by atoms with Crippen molar-refractivity contribution in [1.82, 2.24) is 0 Å². The molecule has 4 aliphatic rings. The van der Waals surface area contributed by atoms with E-state index < -0.39 is 5.60 Å². The lowest BCUT2D eigenvalue weighted by atomic mass is 9.61. The molecule has 0 heterocycles. The largest absolute Gasteiger partial charge is 0.392 e. The number of fused-ring (bicyclic) bond motifs is 1. The van der Waals surface area contributed by atoms with Crippen LogP contribution in [-0.2, 0) is 5.60 Å². The molecule has 0 bridgehead atoms. The van der Waals surface area contributed by atoms with Gasteiger partial charge in [-0.25, -0.2) is 0 Å². The lowest BCUT2D eigenvalue weighted by Crippen LogP contribution is -2.38. The molecule has 0 aromatic heterocycles. The molecule has 36 heavy (non-hydrogen) atoms. The van der Waals surface area contributed by atoms with E-state index in [1.807, 2.05) is 31.7 Å². The molecule has 5 rings (SSSR count). The SMILES string of the molecule is [3H]O[C@@H]1CC(=C/C=C2\CCC[C@]3(C)[C@@H]([C@@H](C)CSc4cccc(C(C)(C)O)c4)CC[C@@H]23)C[C@@H](O[3H])C12CC2. The predicted octanol–water partition coefficient (Wildman–Crippen LogP) is 7.01. The molecule has 3 nitrogen and oxygen atoms in total. The van der Waals surface area contributed by atoms with Crippen molar-refractivity contribution in [3.63, 3.8) is 0 Å². The number of hydrogen-bond donors (Lipinski definition) is 3. The molecule has 4 saturated carbocycles. The summed E-state index contributed by atoms with van der Waals surface area (Å²) in [6, 6.07) is 8.39. The molecule has 3 N–H and O–H groups in total. The average Bonchev–Trinajstić information content (AvgIpc) is 3.60. The van der Waals surface area contributed by atoms with Crippen molar-refractivity contribution in [2.45, 2.75) is 108 Å². The zero-order chi connectivity index (χ0) is 27.1. The summed E-state index contributed by atoms with van der Waals surface area (Å²) in [6.45, 7) is 8.70. The zero-order valence-electron chi connectivity index (χ0n) is 24.6. The van der Waals surface area contributed by atoms with Crippen molar-refractivity contribution >= 4 is 11.8 Å². The fourth-order valence-electron chi connectivity index (χ4n) is 7.85. The van der Waals surface area contributed by atoms with Crippen molar-refractivity contribution in [2.24, 2.45) is 28.6 Å². The van der Waals surface area contributed by atoms with Crippen LogP contribution < -0.4 is 0 Å². The normalized spacial score (nSPS) is 36.4. The third kappa shape index (κ3) is 5.00. The minimum atomic E-state index is -0.810. The topological polar surface area (TPSA) is 60.7 Å². The van der Waals surface area contributed by atoms with Gasteiger partial charge in [0.2, 0.25) is 2.86 Å². The number of allylic oxidation sites excluding steroid dienone is 3. The Labute approximate surface area is 225 Å². The second-order valence-electron chi connectivity index (χ2n) is 13.2. The van der Waals surface area contributed by atoms with Gasteiger partial charge in [0.15, 0.2) is 0 Å². The second-order valence-corrected chi connectivity index (χ2v) is 14.2. The Hall–Kier alpha value is -1.07. The summed E-state index contributed by atoms with van der Waals surface area (Å²) in [4.78, 5) is 1.25. The van der Waals surface area contributed by atoms with E-state index in [1.165, 1.54) is 42.6 Å². The van der Waals surface area contributed by atoms with Gasteiger partial charge in [0.25, 0.3) is 0 Å². The van der Waals surface area contributed by atoms with Crippen LogP contribution in [0, 0.1) is 28.6 Å². The fourth-order valence-corrected chi connectivity index (χ4v) is 8.92. The molecular formula is C32H46O3S. The summed E-state index contributed by atoms with van der Waals surface area (Å²) in [6.07, 6.45) is 14.3. The van der Waals surface area contributed by atoms with Crippen molar-refractivity contribution in [2.75, 3.05) is 5.75 Å². The highest BCUT2D eigenvalue weighted by Crippen LogP contribution is 2.60. The van der Waals surface area contributed by atoms with E-state index in [1.54, 1.807) is 5.57 Å². The van der Waals surface area contributed by atoms with E-state index in [4.69, 9.17) is 13.1 Å². The summed E-state index contributed by atoms with van der Waals surface area (Å²) < 4.78 is 15.2. The van der Waals surface area contributed by atoms with Gasteiger partial charge in [-0.3, -0.25) is 0 Å². The smallest absolute Gasteiger partial charge is 0.210 e. The van der Waals surface area contributed by atoms with Crippen LogP contribution in [0.2, 0.25) is 0 Å². The van der Waals surface area contributed by atoms with Crippen LogP contribution in [0.1, 0.15) is 91.0 Å². The number of thioether (sulfide) groups is 1. The van der Waals surface area contributed by atoms with E-state index in [0.717, 1.165) is 42.9 Å². The van der Waals surface area contributed by atoms with Gasteiger partial charge >= 0.3 is 0 Å². The zero-order valence-corrected chi connectivity index (χ0v) is 23.4. The third-order valence-corrected chi connectivity index (χ3v) is 11.6. The van der Waals surface area contributed by atoms with Gasteiger partial charge in [-0.05, 0) is 112 Å². The summed E-state index contributed by atoms with van der Waals surface area (Å²) in [5.74, 6) is 3.11. The van der Waals surface area contributed by atoms with Crippen LogP contribution in [0.5, 0.6) is 0 Å². The third-order valence-electron chi connectivity index (χ3n) is 10.3. The summed E-state index contributed by atoms with van der Waals surface area (Å²) >= 11 is 1.93. The van der Waals surface area contributed by atoms with E-state index in [-0.39, 0.29) is 17.6 Å². The van der Waals surface area contributed by atoms with Crippen LogP contribution >= 0.6 is 11.8 Å². The standard InChI is InChI=1S/C32H46O3S/c1-21(20-36-25-9-5-8-24(19-25)30(2,3)35)26-12-13-27-23(7-6-14-31(26,27)4)11-10-22-17-28(33)32(15-16-32)29(34)18-22/h5,8-11,19,21,26-29,33-35H,6-7,12-18,20H2,1-4H3/b23-11+/t21-,26+,27-,28+,29+,31+/m0/s1/i33T,34T. The monoisotopic (exact) mass is 514 g/mol. The first-order valence-electron chi connectivity index (χ1n) is 15.0. The Bertz CT molecular complexity index is 1040. The Morgan fingerprint density at radius 2 is 1.89 bits per heavy atom. The Morgan fingerprint density at radius 3 is 2.56 bits per heavy atom. The van der Waals surface area contributed by atoms with Crippen LogP contribution in [0.4, 0.5) is 0 Å². The quantitative estimate of drug-likeness (QED) is 0.327. The molecule has 0 unspecified atom stereocenters.